The number of benzene rings is 1. The molecule has 3 aromatic rings. The van der Waals surface area contributed by atoms with Gasteiger partial charge in [0.25, 0.3) is 0 Å². The van der Waals surface area contributed by atoms with Crippen LogP contribution in [-0.2, 0) is 4.79 Å². The molecule has 2 aromatic heterocycles. The zero-order valence-electron chi connectivity index (χ0n) is 19.6. The summed E-state index contributed by atoms with van der Waals surface area (Å²) in [5.74, 6) is 4.18. The van der Waals surface area contributed by atoms with Crippen LogP contribution in [0.3, 0.4) is 0 Å². The fourth-order valence-corrected chi connectivity index (χ4v) is 3.73. The second-order valence-corrected chi connectivity index (χ2v) is 7.76. The predicted octanol–water partition coefficient (Wildman–Crippen LogP) is 3.30. The van der Waals surface area contributed by atoms with E-state index in [1.54, 1.807) is 32.6 Å². The van der Waals surface area contributed by atoms with Crippen LogP contribution in [0, 0.1) is 6.92 Å². The van der Waals surface area contributed by atoms with E-state index in [9.17, 15) is 4.79 Å². The summed E-state index contributed by atoms with van der Waals surface area (Å²) in [6.45, 7) is 4.47. The topological polar surface area (TPSA) is 92.7 Å². The van der Waals surface area contributed by atoms with Crippen molar-refractivity contribution < 1.29 is 14.3 Å². The van der Waals surface area contributed by atoms with Gasteiger partial charge in [0.05, 0.1) is 14.2 Å². The number of hydrogen-bond donors (Lipinski definition) is 1. The van der Waals surface area contributed by atoms with Crippen molar-refractivity contribution >= 4 is 29.4 Å². The molecule has 0 atom stereocenters. The Morgan fingerprint density at radius 3 is 2.47 bits per heavy atom. The second-order valence-electron chi connectivity index (χ2n) is 7.76. The van der Waals surface area contributed by atoms with Crippen LogP contribution in [0.2, 0.25) is 0 Å². The van der Waals surface area contributed by atoms with Gasteiger partial charge in [-0.1, -0.05) is 12.1 Å². The Morgan fingerprint density at radius 1 is 0.971 bits per heavy atom. The molecule has 4 rings (SSSR count). The Hall–Kier alpha value is -4.14. The van der Waals surface area contributed by atoms with E-state index in [4.69, 9.17) is 9.47 Å². The Labute approximate surface area is 199 Å². The third-order valence-corrected chi connectivity index (χ3v) is 5.49. The molecule has 1 N–H and O–H groups in total. The molecule has 1 aliphatic rings. The molecule has 9 heteroatoms. The molecule has 0 radical (unpaired) electrons. The highest BCUT2D eigenvalue weighted by Crippen LogP contribution is 2.28. The number of amides is 1. The van der Waals surface area contributed by atoms with Crippen LogP contribution in [0.15, 0.2) is 54.7 Å². The number of aromatic nitrogens is 3. The summed E-state index contributed by atoms with van der Waals surface area (Å²) in [5, 5.41) is 3.22. The largest absolute Gasteiger partial charge is 0.493 e. The number of methoxy groups -OCH3 is 2. The van der Waals surface area contributed by atoms with Gasteiger partial charge in [-0.25, -0.2) is 15.0 Å². The van der Waals surface area contributed by atoms with Gasteiger partial charge in [0.15, 0.2) is 11.5 Å². The minimum absolute atomic E-state index is 0.0224. The van der Waals surface area contributed by atoms with Gasteiger partial charge in [0.2, 0.25) is 5.91 Å². The quantitative estimate of drug-likeness (QED) is 0.537. The first kappa shape index (κ1) is 23.0. The SMILES string of the molecule is COc1ccc(/C=C/C(=O)N2CCN(c3cc(Nc4ccccn4)nc(C)n3)CC2)cc1OC. The molecular formula is C25H28N6O3. The van der Waals surface area contributed by atoms with E-state index in [2.05, 4.69) is 25.2 Å². The molecule has 1 amide bonds. The Balaban J connectivity index is 1.36. The summed E-state index contributed by atoms with van der Waals surface area (Å²) >= 11 is 0. The number of carbonyl (C=O) groups is 1. The number of aryl methyl sites for hydroxylation is 1. The normalized spacial score (nSPS) is 13.7. The molecule has 1 aromatic carbocycles. The Morgan fingerprint density at radius 2 is 1.76 bits per heavy atom. The number of ether oxygens (including phenoxy) is 2. The van der Waals surface area contributed by atoms with Gasteiger partial charge in [-0.2, -0.15) is 0 Å². The zero-order chi connectivity index (χ0) is 23.9. The van der Waals surface area contributed by atoms with Crippen molar-refractivity contribution in [2.24, 2.45) is 0 Å². The summed E-state index contributed by atoms with van der Waals surface area (Å²) in [6.07, 6.45) is 5.12. The van der Waals surface area contributed by atoms with Gasteiger partial charge in [-0.15, -0.1) is 0 Å². The number of carbonyl (C=O) groups excluding carboxylic acids is 1. The van der Waals surface area contributed by atoms with E-state index in [0.29, 0.717) is 49.3 Å². The molecule has 0 spiro atoms. The maximum atomic E-state index is 12.7. The first-order valence-corrected chi connectivity index (χ1v) is 11.0. The molecule has 0 aliphatic carbocycles. The number of pyridine rings is 1. The molecule has 34 heavy (non-hydrogen) atoms. The molecule has 3 heterocycles. The third kappa shape index (κ3) is 5.61. The molecule has 0 saturated carbocycles. The molecule has 1 saturated heterocycles. The standard InChI is InChI=1S/C25H28N6O3/c1-18-27-23(29-22-6-4-5-11-26-22)17-24(28-18)30-12-14-31(15-13-30)25(32)10-8-19-7-9-20(33-2)21(16-19)34-3/h4-11,16-17H,12-15H2,1-3H3,(H,26,27,28,29)/b10-8+. The smallest absolute Gasteiger partial charge is 0.246 e. The molecule has 9 nitrogen and oxygen atoms in total. The highest BCUT2D eigenvalue weighted by molar-refractivity contribution is 5.92. The highest BCUT2D eigenvalue weighted by atomic mass is 16.5. The third-order valence-electron chi connectivity index (χ3n) is 5.49. The van der Waals surface area contributed by atoms with Gasteiger partial charge < -0.3 is 24.6 Å². The minimum atomic E-state index is -0.0224. The molecule has 0 bridgehead atoms. The summed E-state index contributed by atoms with van der Waals surface area (Å²) in [4.78, 5) is 30.1. The van der Waals surface area contributed by atoms with E-state index >= 15 is 0 Å². The van der Waals surface area contributed by atoms with Crippen molar-refractivity contribution in [2.45, 2.75) is 6.92 Å². The monoisotopic (exact) mass is 460 g/mol. The van der Waals surface area contributed by atoms with Crippen LogP contribution >= 0.6 is 0 Å². The predicted molar refractivity (Wildman–Crippen MR) is 132 cm³/mol. The first-order chi connectivity index (χ1) is 16.6. The second kappa shape index (κ2) is 10.7. The summed E-state index contributed by atoms with van der Waals surface area (Å²) in [5.41, 5.74) is 0.869. The molecule has 1 fully saturated rings. The van der Waals surface area contributed by atoms with E-state index < -0.39 is 0 Å². The number of nitrogens with one attached hydrogen (secondary N) is 1. The van der Waals surface area contributed by atoms with Crippen LogP contribution < -0.4 is 19.7 Å². The fourth-order valence-electron chi connectivity index (χ4n) is 3.73. The van der Waals surface area contributed by atoms with Gasteiger partial charge in [0.1, 0.15) is 23.3 Å². The fraction of sp³-hybridized carbons (Fsp3) is 0.280. The molecular weight excluding hydrogens is 432 g/mol. The van der Waals surface area contributed by atoms with Crippen LogP contribution in [-0.4, -0.2) is 66.2 Å². The number of piperazine rings is 1. The van der Waals surface area contributed by atoms with Crippen molar-refractivity contribution in [2.75, 3.05) is 50.6 Å². The van der Waals surface area contributed by atoms with Crippen molar-refractivity contribution in [1.82, 2.24) is 19.9 Å². The summed E-state index contributed by atoms with van der Waals surface area (Å²) in [6, 6.07) is 13.1. The van der Waals surface area contributed by atoms with E-state index in [-0.39, 0.29) is 5.91 Å². The average Bonchev–Trinajstić information content (AvgIpc) is 2.87. The van der Waals surface area contributed by atoms with E-state index in [0.717, 1.165) is 17.2 Å². The number of nitrogens with zero attached hydrogens (tertiary/aromatic N) is 5. The lowest BCUT2D eigenvalue weighted by atomic mass is 10.2. The van der Waals surface area contributed by atoms with Crippen LogP contribution in [0.1, 0.15) is 11.4 Å². The Bertz CT molecular complexity index is 1160. The van der Waals surface area contributed by atoms with Crippen molar-refractivity contribution in [3.8, 4) is 11.5 Å². The molecule has 1 aliphatic heterocycles. The van der Waals surface area contributed by atoms with Crippen LogP contribution in [0.25, 0.3) is 6.08 Å². The number of anilines is 3. The summed E-state index contributed by atoms with van der Waals surface area (Å²) < 4.78 is 10.6. The van der Waals surface area contributed by atoms with Gasteiger partial charge >= 0.3 is 0 Å². The lowest BCUT2D eigenvalue weighted by Gasteiger charge is -2.35. The van der Waals surface area contributed by atoms with E-state index in [1.165, 1.54) is 0 Å². The Kier molecular flexibility index (Phi) is 7.22. The molecule has 176 valence electrons. The van der Waals surface area contributed by atoms with Gasteiger partial charge in [-0.05, 0) is 42.8 Å². The summed E-state index contributed by atoms with van der Waals surface area (Å²) in [7, 11) is 3.18. The van der Waals surface area contributed by atoms with Crippen molar-refractivity contribution in [3.05, 3.63) is 66.1 Å². The van der Waals surface area contributed by atoms with Crippen molar-refractivity contribution in [1.29, 1.82) is 0 Å². The maximum absolute atomic E-state index is 12.7. The highest BCUT2D eigenvalue weighted by Gasteiger charge is 2.21. The van der Waals surface area contributed by atoms with E-state index in [1.807, 2.05) is 54.3 Å². The van der Waals surface area contributed by atoms with Crippen LogP contribution in [0.5, 0.6) is 11.5 Å². The lowest BCUT2D eigenvalue weighted by Crippen LogP contribution is -2.48. The van der Waals surface area contributed by atoms with Crippen LogP contribution in [0.4, 0.5) is 17.5 Å². The van der Waals surface area contributed by atoms with Crippen molar-refractivity contribution in [3.63, 3.8) is 0 Å². The van der Waals surface area contributed by atoms with Gasteiger partial charge in [0, 0.05) is 44.5 Å². The zero-order valence-corrected chi connectivity index (χ0v) is 19.6. The lowest BCUT2D eigenvalue weighted by molar-refractivity contribution is -0.126. The first-order valence-electron chi connectivity index (χ1n) is 11.0. The minimum Gasteiger partial charge on any atom is -0.493 e. The molecule has 0 unspecified atom stereocenters. The maximum Gasteiger partial charge on any atom is 0.246 e. The average molecular weight is 461 g/mol. The number of hydrogen-bond acceptors (Lipinski definition) is 8. The number of rotatable bonds is 7. The van der Waals surface area contributed by atoms with Gasteiger partial charge in [-0.3, -0.25) is 4.79 Å².